The van der Waals surface area contributed by atoms with Crippen LogP contribution in [0.15, 0.2) is 18.3 Å². The SMILES string of the molecule is CC(C)CNCc1cccnc1N1CCCC(N(C)C)C1. The zero-order chi connectivity index (χ0) is 15.2. The van der Waals surface area contributed by atoms with Crippen molar-refractivity contribution in [3.05, 3.63) is 23.9 Å². The van der Waals surface area contributed by atoms with Crippen LogP contribution in [0.5, 0.6) is 0 Å². The minimum Gasteiger partial charge on any atom is -0.355 e. The van der Waals surface area contributed by atoms with Crippen molar-refractivity contribution in [2.45, 2.75) is 39.3 Å². The average Bonchev–Trinajstić information content (AvgIpc) is 2.47. The Hall–Kier alpha value is -1.13. The molecular formula is C17H30N4. The molecule has 0 aliphatic carbocycles. The van der Waals surface area contributed by atoms with Crippen LogP contribution in [0.4, 0.5) is 5.82 Å². The number of likely N-dealkylation sites (N-methyl/N-ethyl adjacent to an activating group) is 1. The quantitative estimate of drug-likeness (QED) is 0.871. The van der Waals surface area contributed by atoms with E-state index in [4.69, 9.17) is 0 Å². The van der Waals surface area contributed by atoms with Crippen LogP contribution in [-0.4, -0.2) is 49.7 Å². The standard InChI is InChI=1S/C17H30N4/c1-14(2)11-18-12-15-7-5-9-19-17(15)21-10-6-8-16(13-21)20(3)4/h5,7,9,14,16,18H,6,8,10-13H2,1-4H3. The van der Waals surface area contributed by atoms with E-state index in [0.29, 0.717) is 12.0 Å². The molecule has 0 amide bonds. The Morgan fingerprint density at radius 2 is 2.24 bits per heavy atom. The molecule has 4 nitrogen and oxygen atoms in total. The number of hydrogen-bond donors (Lipinski definition) is 1. The molecular weight excluding hydrogens is 260 g/mol. The molecule has 1 aliphatic heterocycles. The van der Waals surface area contributed by atoms with E-state index < -0.39 is 0 Å². The van der Waals surface area contributed by atoms with Gasteiger partial charge in [0.15, 0.2) is 0 Å². The van der Waals surface area contributed by atoms with Gasteiger partial charge >= 0.3 is 0 Å². The molecule has 2 rings (SSSR count). The molecule has 2 heterocycles. The highest BCUT2D eigenvalue weighted by Gasteiger charge is 2.23. The molecule has 1 atom stereocenters. The van der Waals surface area contributed by atoms with Crippen molar-refractivity contribution in [2.75, 3.05) is 38.6 Å². The normalized spacial score (nSPS) is 19.5. The fraction of sp³-hybridized carbons (Fsp3) is 0.706. The van der Waals surface area contributed by atoms with E-state index >= 15 is 0 Å². The number of piperidine rings is 1. The van der Waals surface area contributed by atoms with Gasteiger partial charge in [-0.2, -0.15) is 0 Å². The maximum atomic E-state index is 4.66. The van der Waals surface area contributed by atoms with E-state index in [9.17, 15) is 0 Å². The van der Waals surface area contributed by atoms with E-state index in [-0.39, 0.29) is 0 Å². The van der Waals surface area contributed by atoms with Gasteiger partial charge < -0.3 is 15.1 Å². The van der Waals surface area contributed by atoms with Gasteiger partial charge in [-0.25, -0.2) is 4.98 Å². The van der Waals surface area contributed by atoms with Crippen LogP contribution < -0.4 is 10.2 Å². The molecule has 1 aromatic heterocycles. The first-order valence-corrected chi connectivity index (χ1v) is 8.14. The lowest BCUT2D eigenvalue weighted by Gasteiger charge is -2.37. The van der Waals surface area contributed by atoms with Crippen LogP contribution in [0.1, 0.15) is 32.3 Å². The Morgan fingerprint density at radius 3 is 2.95 bits per heavy atom. The lowest BCUT2D eigenvalue weighted by molar-refractivity contribution is 0.257. The first-order chi connectivity index (χ1) is 10.1. The summed E-state index contributed by atoms with van der Waals surface area (Å²) >= 11 is 0. The van der Waals surface area contributed by atoms with Crippen LogP contribution >= 0.6 is 0 Å². The van der Waals surface area contributed by atoms with Crippen molar-refractivity contribution >= 4 is 5.82 Å². The third-order valence-electron chi connectivity index (χ3n) is 4.16. The summed E-state index contributed by atoms with van der Waals surface area (Å²) in [5, 5.41) is 3.54. The highest BCUT2D eigenvalue weighted by atomic mass is 15.2. The highest BCUT2D eigenvalue weighted by molar-refractivity contribution is 5.47. The van der Waals surface area contributed by atoms with Gasteiger partial charge in [0, 0.05) is 37.4 Å². The fourth-order valence-electron chi connectivity index (χ4n) is 2.92. The second kappa shape index (κ2) is 7.76. The number of nitrogens with zero attached hydrogens (tertiary/aromatic N) is 3. The van der Waals surface area contributed by atoms with E-state index in [1.54, 1.807) is 0 Å². The summed E-state index contributed by atoms with van der Waals surface area (Å²) in [5.41, 5.74) is 1.32. The molecule has 0 bridgehead atoms. The summed E-state index contributed by atoms with van der Waals surface area (Å²) in [6.45, 7) is 8.64. The van der Waals surface area contributed by atoms with Crippen LogP contribution in [0.2, 0.25) is 0 Å². The van der Waals surface area contributed by atoms with Gasteiger partial charge in [-0.3, -0.25) is 0 Å². The van der Waals surface area contributed by atoms with Crippen molar-refractivity contribution < 1.29 is 0 Å². The van der Waals surface area contributed by atoms with E-state index in [1.807, 2.05) is 12.3 Å². The van der Waals surface area contributed by atoms with E-state index in [1.165, 1.54) is 24.2 Å². The summed E-state index contributed by atoms with van der Waals surface area (Å²) < 4.78 is 0. The van der Waals surface area contributed by atoms with Gasteiger partial charge in [-0.15, -0.1) is 0 Å². The lowest BCUT2D eigenvalue weighted by Crippen LogP contribution is -2.45. The van der Waals surface area contributed by atoms with E-state index in [2.05, 4.69) is 54.1 Å². The number of hydrogen-bond acceptors (Lipinski definition) is 4. The minimum absolute atomic E-state index is 0.636. The summed E-state index contributed by atoms with van der Waals surface area (Å²) in [6.07, 6.45) is 4.45. The van der Waals surface area contributed by atoms with Crippen molar-refractivity contribution in [3.8, 4) is 0 Å². The maximum absolute atomic E-state index is 4.66. The Balaban J connectivity index is 2.04. The van der Waals surface area contributed by atoms with Crippen molar-refractivity contribution in [1.82, 2.24) is 15.2 Å². The molecule has 21 heavy (non-hydrogen) atoms. The summed E-state index contributed by atoms with van der Waals surface area (Å²) in [7, 11) is 4.36. The zero-order valence-electron chi connectivity index (χ0n) is 14.0. The molecule has 0 radical (unpaired) electrons. The van der Waals surface area contributed by atoms with Gasteiger partial charge in [-0.1, -0.05) is 19.9 Å². The largest absolute Gasteiger partial charge is 0.355 e. The first kappa shape index (κ1) is 16.2. The lowest BCUT2D eigenvalue weighted by atomic mass is 10.0. The number of aromatic nitrogens is 1. The van der Waals surface area contributed by atoms with E-state index in [0.717, 1.165) is 26.2 Å². The number of anilines is 1. The number of pyridine rings is 1. The zero-order valence-corrected chi connectivity index (χ0v) is 14.0. The molecule has 0 aromatic carbocycles. The predicted molar refractivity (Wildman–Crippen MR) is 89.7 cm³/mol. The molecule has 1 aromatic rings. The Labute approximate surface area is 129 Å². The van der Waals surface area contributed by atoms with Crippen LogP contribution in [0.25, 0.3) is 0 Å². The molecule has 1 saturated heterocycles. The molecule has 1 aliphatic rings. The highest BCUT2D eigenvalue weighted by Crippen LogP contribution is 2.23. The van der Waals surface area contributed by atoms with Gasteiger partial charge in [0.1, 0.15) is 5.82 Å². The third kappa shape index (κ3) is 4.68. The second-order valence-corrected chi connectivity index (χ2v) is 6.72. The topological polar surface area (TPSA) is 31.4 Å². The van der Waals surface area contributed by atoms with Crippen LogP contribution in [0.3, 0.4) is 0 Å². The summed E-state index contributed by atoms with van der Waals surface area (Å²) in [4.78, 5) is 9.46. The smallest absolute Gasteiger partial charge is 0.133 e. The van der Waals surface area contributed by atoms with Gasteiger partial charge in [0.05, 0.1) is 0 Å². The number of rotatable bonds is 6. The number of nitrogens with one attached hydrogen (secondary N) is 1. The minimum atomic E-state index is 0.636. The van der Waals surface area contributed by atoms with Crippen molar-refractivity contribution in [2.24, 2.45) is 5.92 Å². The van der Waals surface area contributed by atoms with Crippen LogP contribution in [-0.2, 0) is 6.54 Å². The molecule has 1 unspecified atom stereocenters. The molecule has 0 saturated carbocycles. The van der Waals surface area contributed by atoms with Gasteiger partial charge in [0.25, 0.3) is 0 Å². The van der Waals surface area contributed by atoms with Crippen molar-refractivity contribution in [3.63, 3.8) is 0 Å². The predicted octanol–water partition coefficient (Wildman–Crippen LogP) is 2.36. The third-order valence-corrected chi connectivity index (χ3v) is 4.16. The Morgan fingerprint density at radius 1 is 1.43 bits per heavy atom. The second-order valence-electron chi connectivity index (χ2n) is 6.72. The molecule has 118 valence electrons. The first-order valence-electron chi connectivity index (χ1n) is 8.14. The monoisotopic (exact) mass is 290 g/mol. The Kier molecular flexibility index (Phi) is 6.00. The Bertz CT molecular complexity index is 431. The summed E-state index contributed by atoms with van der Waals surface area (Å²) in [6, 6.07) is 4.88. The molecule has 4 heteroatoms. The van der Waals surface area contributed by atoms with Crippen molar-refractivity contribution in [1.29, 1.82) is 0 Å². The molecule has 0 spiro atoms. The summed E-state index contributed by atoms with van der Waals surface area (Å²) in [5.74, 6) is 1.85. The molecule has 1 fully saturated rings. The average molecular weight is 290 g/mol. The van der Waals surface area contributed by atoms with Gasteiger partial charge in [-0.05, 0) is 45.5 Å². The fourth-order valence-corrected chi connectivity index (χ4v) is 2.92. The van der Waals surface area contributed by atoms with Gasteiger partial charge in [0.2, 0.25) is 0 Å². The van der Waals surface area contributed by atoms with Crippen LogP contribution in [0, 0.1) is 5.92 Å². The maximum Gasteiger partial charge on any atom is 0.133 e. The molecule has 1 N–H and O–H groups in total.